The van der Waals surface area contributed by atoms with E-state index in [1.54, 1.807) is 4.90 Å². The minimum atomic E-state index is 0.262. The van der Waals surface area contributed by atoms with Crippen LogP contribution in [0.5, 0.6) is 0 Å². The Morgan fingerprint density at radius 1 is 0.862 bits per heavy atom. The Hall–Kier alpha value is -3.03. The second kappa shape index (κ2) is 8.98. The van der Waals surface area contributed by atoms with Crippen molar-refractivity contribution in [3.63, 3.8) is 0 Å². The SMILES string of the molecule is Cc1cccc(Nc2nc(N)nc(C[NH+]3CC[NH+](Cc4ccccc4)CC3)n2)c1. The van der Waals surface area contributed by atoms with Crippen LogP contribution >= 0.6 is 0 Å². The van der Waals surface area contributed by atoms with Crippen LogP contribution in [0.15, 0.2) is 54.6 Å². The van der Waals surface area contributed by atoms with Crippen molar-refractivity contribution in [2.24, 2.45) is 0 Å². The summed E-state index contributed by atoms with van der Waals surface area (Å²) in [6.45, 7) is 8.44. The van der Waals surface area contributed by atoms with Crippen molar-refractivity contribution in [3.8, 4) is 0 Å². The van der Waals surface area contributed by atoms with Crippen LogP contribution in [0.3, 0.4) is 0 Å². The maximum Gasteiger partial charge on any atom is 0.232 e. The molecule has 4 rings (SSSR count). The van der Waals surface area contributed by atoms with Crippen molar-refractivity contribution < 1.29 is 9.80 Å². The molecule has 7 nitrogen and oxygen atoms in total. The van der Waals surface area contributed by atoms with Gasteiger partial charge >= 0.3 is 0 Å². The van der Waals surface area contributed by atoms with Gasteiger partial charge in [-0.2, -0.15) is 15.0 Å². The molecular weight excluding hydrogens is 362 g/mol. The Kier molecular flexibility index (Phi) is 5.97. The van der Waals surface area contributed by atoms with Crippen LogP contribution in [0.25, 0.3) is 0 Å². The van der Waals surface area contributed by atoms with E-state index in [0.717, 1.165) is 50.8 Å². The molecule has 150 valence electrons. The van der Waals surface area contributed by atoms with E-state index < -0.39 is 0 Å². The Labute approximate surface area is 171 Å². The topological polar surface area (TPSA) is 85.6 Å². The van der Waals surface area contributed by atoms with Crippen molar-refractivity contribution in [1.82, 2.24) is 15.0 Å². The number of nitrogen functional groups attached to an aromatic ring is 1. The number of hydrogen-bond donors (Lipinski definition) is 4. The predicted octanol–water partition coefficient (Wildman–Crippen LogP) is -0.0106. The number of quaternary nitrogens is 2. The molecule has 0 bridgehead atoms. The molecule has 3 aromatic rings. The number of aromatic nitrogens is 3. The summed E-state index contributed by atoms with van der Waals surface area (Å²) in [5, 5.41) is 3.24. The number of piperazine rings is 1. The number of rotatable bonds is 6. The maximum absolute atomic E-state index is 5.94. The number of nitrogens with zero attached hydrogens (tertiary/aromatic N) is 3. The number of nitrogens with two attached hydrogens (primary N) is 1. The van der Waals surface area contributed by atoms with Crippen molar-refractivity contribution >= 4 is 17.6 Å². The third-order valence-corrected chi connectivity index (χ3v) is 5.34. The molecule has 0 saturated carbocycles. The van der Waals surface area contributed by atoms with Gasteiger partial charge in [0.2, 0.25) is 11.9 Å². The fourth-order valence-corrected chi connectivity index (χ4v) is 3.84. The minimum Gasteiger partial charge on any atom is -0.368 e. The fourth-order valence-electron chi connectivity index (χ4n) is 3.84. The van der Waals surface area contributed by atoms with Gasteiger partial charge in [0.05, 0.1) is 0 Å². The first-order valence-corrected chi connectivity index (χ1v) is 10.2. The Balaban J connectivity index is 1.34. The van der Waals surface area contributed by atoms with Crippen molar-refractivity contribution in [1.29, 1.82) is 0 Å². The van der Waals surface area contributed by atoms with Gasteiger partial charge in [0, 0.05) is 11.3 Å². The van der Waals surface area contributed by atoms with Crippen LogP contribution in [-0.2, 0) is 13.1 Å². The van der Waals surface area contributed by atoms with Gasteiger partial charge in [-0.25, -0.2) is 0 Å². The molecule has 2 aromatic carbocycles. The molecule has 0 aliphatic carbocycles. The summed E-state index contributed by atoms with van der Waals surface area (Å²) in [5.41, 5.74) is 9.48. The Morgan fingerprint density at radius 3 is 2.31 bits per heavy atom. The van der Waals surface area contributed by atoms with E-state index >= 15 is 0 Å². The average Bonchev–Trinajstić information content (AvgIpc) is 2.70. The standard InChI is InChI=1S/C22H27N7/c1-17-6-5-9-19(14-17)24-22-26-20(25-21(23)27-22)16-29-12-10-28(11-13-29)15-18-7-3-2-4-8-18/h2-9,14H,10-13,15-16H2,1H3,(H3,23,24,25,26,27)/p+2. The number of nitrogens with one attached hydrogen (secondary N) is 3. The number of hydrogen-bond acceptors (Lipinski definition) is 5. The second-order valence-electron chi connectivity index (χ2n) is 7.77. The van der Waals surface area contributed by atoms with Crippen LogP contribution in [0.1, 0.15) is 17.0 Å². The van der Waals surface area contributed by atoms with Gasteiger partial charge in [-0.15, -0.1) is 0 Å². The number of benzene rings is 2. The van der Waals surface area contributed by atoms with E-state index in [1.807, 2.05) is 12.1 Å². The molecule has 29 heavy (non-hydrogen) atoms. The zero-order chi connectivity index (χ0) is 20.1. The first-order chi connectivity index (χ1) is 14.1. The monoisotopic (exact) mass is 391 g/mol. The lowest BCUT2D eigenvalue weighted by atomic mass is 10.2. The average molecular weight is 392 g/mol. The van der Waals surface area contributed by atoms with Gasteiger partial charge in [0.15, 0.2) is 5.82 Å². The maximum atomic E-state index is 5.94. The molecule has 0 amide bonds. The summed E-state index contributed by atoms with van der Waals surface area (Å²) < 4.78 is 0. The van der Waals surface area contributed by atoms with Crippen LogP contribution in [-0.4, -0.2) is 41.1 Å². The van der Waals surface area contributed by atoms with Crippen molar-refractivity contribution in [3.05, 3.63) is 71.5 Å². The lowest BCUT2D eigenvalue weighted by Crippen LogP contribution is -3.27. The molecule has 1 aromatic heterocycles. The third-order valence-electron chi connectivity index (χ3n) is 5.34. The summed E-state index contributed by atoms with van der Waals surface area (Å²) in [5.74, 6) is 1.51. The molecule has 1 aliphatic heterocycles. The predicted molar refractivity (Wildman–Crippen MR) is 114 cm³/mol. The molecule has 0 radical (unpaired) electrons. The second-order valence-corrected chi connectivity index (χ2v) is 7.77. The van der Waals surface area contributed by atoms with Crippen molar-refractivity contribution in [2.75, 3.05) is 37.2 Å². The van der Waals surface area contributed by atoms with Crippen LogP contribution in [0, 0.1) is 6.92 Å². The van der Waals surface area contributed by atoms with Gasteiger partial charge in [-0.05, 0) is 24.6 Å². The first kappa shape index (κ1) is 19.3. The molecule has 1 aliphatic rings. The quantitative estimate of drug-likeness (QED) is 0.475. The summed E-state index contributed by atoms with van der Waals surface area (Å²) in [7, 11) is 0. The normalized spacial score (nSPS) is 19.1. The number of anilines is 3. The summed E-state index contributed by atoms with van der Waals surface area (Å²) >= 11 is 0. The fraction of sp³-hybridized carbons (Fsp3) is 0.318. The van der Waals surface area contributed by atoms with E-state index in [0.29, 0.717) is 5.95 Å². The van der Waals surface area contributed by atoms with E-state index in [1.165, 1.54) is 16.0 Å². The molecular formula is C22H29N7+2. The largest absolute Gasteiger partial charge is 0.368 e. The zero-order valence-corrected chi connectivity index (χ0v) is 16.9. The van der Waals surface area contributed by atoms with Gasteiger partial charge in [0.25, 0.3) is 0 Å². The van der Waals surface area contributed by atoms with Crippen LogP contribution < -0.4 is 20.9 Å². The molecule has 0 spiro atoms. The van der Waals surface area contributed by atoms with Gasteiger partial charge in [-0.3, -0.25) is 0 Å². The van der Waals surface area contributed by atoms with Gasteiger partial charge < -0.3 is 20.9 Å². The molecule has 5 N–H and O–H groups in total. The lowest BCUT2D eigenvalue weighted by Gasteiger charge is -2.29. The highest BCUT2D eigenvalue weighted by Gasteiger charge is 2.24. The van der Waals surface area contributed by atoms with Gasteiger partial charge in [0.1, 0.15) is 39.3 Å². The van der Waals surface area contributed by atoms with E-state index in [4.69, 9.17) is 5.73 Å². The van der Waals surface area contributed by atoms with E-state index in [9.17, 15) is 0 Å². The molecule has 1 fully saturated rings. The number of aryl methyl sites for hydroxylation is 1. The van der Waals surface area contributed by atoms with Gasteiger partial charge in [-0.1, -0.05) is 42.5 Å². The van der Waals surface area contributed by atoms with Crippen LogP contribution in [0.4, 0.5) is 17.6 Å². The molecule has 0 atom stereocenters. The molecule has 1 saturated heterocycles. The minimum absolute atomic E-state index is 0.262. The highest BCUT2D eigenvalue weighted by atomic mass is 15.3. The van der Waals surface area contributed by atoms with E-state index in [-0.39, 0.29) is 5.95 Å². The van der Waals surface area contributed by atoms with Crippen molar-refractivity contribution in [2.45, 2.75) is 20.0 Å². The molecule has 7 heteroatoms. The van der Waals surface area contributed by atoms with Crippen LogP contribution in [0.2, 0.25) is 0 Å². The summed E-state index contributed by atoms with van der Waals surface area (Å²) in [6, 6.07) is 18.8. The first-order valence-electron chi connectivity index (χ1n) is 10.2. The summed E-state index contributed by atoms with van der Waals surface area (Å²) in [6.07, 6.45) is 0. The van der Waals surface area contributed by atoms with E-state index in [2.05, 4.69) is 69.7 Å². The molecule has 0 unspecified atom stereocenters. The highest BCUT2D eigenvalue weighted by molar-refractivity contribution is 5.54. The Morgan fingerprint density at radius 2 is 1.59 bits per heavy atom. The smallest absolute Gasteiger partial charge is 0.232 e. The molecule has 2 heterocycles. The Bertz CT molecular complexity index is 937. The third kappa shape index (κ3) is 5.49. The highest BCUT2D eigenvalue weighted by Crippen LogP contribution is 2.14. The lowest BCUT2D eigenvalue weighted by molar-refractivity contribution is -1.02. The zero-order valence-electron chi connectivity index (χ0n) is 16.9. The summed E-state index contributed by atoms with van der Waals surface area (Å²) in [4.78, 5) is 16.3.